The minimum absolute atomic E-state index is 0.0894. The highest BCUT2D eigenvalue weighted by Gasteiger charge is 2.32. The van der Waals surface area contributed by atoms with E-state index in [-0.39, 0.29) is 23.6 Å². The third-order valence-electron chi connectivity index (χ3n) is 6.89. The number of hydrogen-bond donors (Lipinski definition) is 1. The lowest BCUT2D eigenvalue weighted by Crippen LogP contribution is -2.53. The molecule has 0 heterocycles. The van der Waals surface area contributed by atoms with Crippen molar-refractivity contribution in [1.82, 2.24) is 10.2 Å². The molecule has 0 aromatic heterocycles. The highest BCUT2D eigenvalue weighted by molar-refractivity contribution is 8.00. The molecule has 1 aliphatic rings. The second kappa shape index (κ2) is 14.3. The molecular formula is C31H35ClN2O3S. The predicted molar refractivity (Wildman–Crippen MR) is 155 cm³/mol. The van der Waals surface area contributed by atoms with Crippen LogP contribution in [0.5, 0.6) is 5.75 Å². The summed E-state index contributed by atoms with van der Waals surface area (Å²) in [5, 5.41) is 3.94. The first-order valence-electron chi connectivity index (χ1n) is 13.2. The molecular weight excluding hydrogens is 516 g/mol. The predicted octanol–water partition coefficient (Wildman–Crippen LogP) is 6.53. The Morgan fingerprint density at radius 3 is 2.39 bits per heavy atom. The Balaban J connectivity index is 1.61. The minimum atomic E-state index is -0.635. The van der Waals surface area contributed by atoms with Crippen molar-refractivity contribution >= 4 is 35.2 Å². The molecule has 0 aliphatic heterocycles. The molecule has 1 unspecified atom stereocenters. The summed E-state index contributed by atoms with van der Waals surface area (Å²) in [6.07, 6.45) is 5.87. The number of halogens is 1. The Bertz CT molecular complexity index is 1180. The molecule has 4 rings (SSSR count). The van der Waals surface area contributed by atoms with Crippen LogP contribution >= 0.6 is 23.4 Å². The number of amides is 2. The molecule has 1 fully saturated rings. The molecule has 38 heavy (non-hydrogen) atoms. The summed E-state index contributed by atoms with van der Waals surface area (Å²) in [5.41, 5.74) is 1.93. The molecule has 1 aliphatic carbocycles. The Kier molecular flexibility index (Phi) is 10.5. The van der Waals surface area contributed by atoms with Gasteiger partial charge in [0, 0.05) is 28.9 Å². The van der Waals surface area contributed by atoms with Crippen molar-refractivity contribution in [3.63, 3.8) is 0 Å². The van der Waals surface area contributed by atoms with Crippen molar-refractivity contribution in [3.8, 4) is 5.75 Å². The van der Waals surface area contributed by atoms with Crippen LogP contribution in [0.1, 0.15) is 43.2 Å². The first-order chi connectivity index (χ1) is 18.5. The maximum absolute atomic E-state index is 13.8. The van der Waals surface area contributed by atoms with Gasteiger partial charge in [0.15, 0.2) is 0 Å². The summed E-state index contributed by atoms with van der Waals surface area (Å²) >= 11 is 7.48. The average molecular weight is 551 g/mol. The largest absolute Gasteiger partial charge is 0.497 e. The van der Waals surface area contributed by atoms with E-state index in [1.165, 1.54) is 18.2 Å². The summed E-state index contributed by atoms with van der Waals surface area (Å²) in [5.74, 6) is 0.755. The van der Waals surface area contributed by atoms with Gasteiger partial charge in [-0.2, -0.15) is 0 Å². The molecule has 0 saturated heterocycles. The number of hydrogen-bond acceptors (Lipinski definition) is 4. The van der Waals surface area contributed by atoms with Crippen LogP contribution in [-0.2, 0) is 22.6 Å². The topological polar surface area (TPSA) is 58.6 Å². The van der Waals surface area contributed by atoms with Crippen molar-refractivity contribution in [2.24, 2.45) is 0 Å². The van der Waals surface area contributed by atoms with Gasteiger partial charge in [0.25, 0.3) is 0 Å². The van der Waals surface area contributed by atoms with Gasteiger partial charge in [-0.1, -0.05) is 73.3 Å². The van der Waals surface area contributed by atoms with Gasteiger partial charge in [0.1, 0.15) is 11.8 Å². The molecule has 1 atom stereocenters. The fourth-order valence-electron chi connectivity index (χ4n) is 4.82. The quantitative estimate of drug-likeness (QED) is 0.276. The van der Waals surface area contributed by atoms with Gasteiger partial charge in [0.05, 0.1) is 12.9 Å². The Labute approximate surface area is 234 Å². The van der Waals surface area contributed by atoms with Crippen LogP contribution in [0.2, 0.25) is 5.02 Å². The number of methoxy groups -OCH3 is 1. The maximum Gasteiger partial charge on any atom is 0.243 e. The van der Waals surface area contributed by atoms with Gasteiger partial charge < -0.3 is 15.0 Å². The lowest BCUT2D eigenvalue weighted by Gasteiger charge is -2.33. The van der Waals surface area contributed by atoms with Gasteiger partial charge in [0.2, 0.25) is 11.8 Å². The van der Waals surface area contributed by atoms with E-state index in [0.29, 0.717) is 18.0 Å². The highest BCUT2D eigenvalue weighted by Crippen LogP contribution is 2.24. The maximum atomic E-state index is 13.8. The number of rotatable bonds is 11. The van der Waals surface area contributed by atoms with Gasteiger partial charge >= 0.3 is 0 Å². The van der Waals surface area contributed by atoms with Crippen molar-refractivity contribution in [2.75, 3.05) is 12.9 Å². The standard InChI is InChI=1S/C31H35ClN2O3S/c1-37-27-14-8-11-24(19-27)21-34(30(35)22-38-28-17-15-25(32)16-18-28)29(20-23-9-4-2-5-10-23)31(36)33-26-12-6-3-7-13-26/h2,4-5,8-11,14-19,26,29H,3,6-7,12-13,20-22H2,1H3,(H,33,36). The number of carbonyl (C=O) groups excluding carboxylic acids is 2. The summed E-state index contributed by atoms with van der Waals surface area (Å²) in [4.78, 5) is 30.4. The molecule has 0 bridgehead atoms. The minimum Gasteiger partial charge on any atom is -0.497 e. The number of benzene rings is 3. The molecule has 3 aromatic rings. The number of thioether (sulfide) groups is 1. The van der Waals surface area contributed by atoms with E-state index in [9.17, 15) is 9.59 Å². The molecule has 3 aromatic carbocycles. The number of carbonyl (C=O) groups is 2. The molecule has 1 N–H and O–H groups in total. The van der Waals surface area contributed by atoms with E-state index < -0.39 is 6.04 Å². The van der Waals surface area contributed by atoms with Crippen LogP contribution in [0.3, 0.4) is 0 Å². The molecule has 1 saturated carbocycles. The van der Waals surface area contributed by atoms with Crippen LogP contribution in [0.25, 0.3) is 0 Å². The first-order valence-corrected chi connectivity index (χ1v) is 14.5. The Morgan fingerprint density at radius 2 is 1.68 bits per heavy atom. The lowest BCUT2D eigenvalue weighted by atomic mass is 9.94. The number of ether oxygens (including phenoxy) is 1. The van der Waals surface area contributed by atoms with Crippen LogP contribution in [0.4, 0.5) is 0 Å². The third kappa shape index (κ3) is 8.27. The first kappa shape index (κ1) is 28.1. The SMILES string of the molecule is COc1cccc(CN(C(=O)CSc2ccc(Cl)cc2)C(Cc2ccccc2)C(=O)NC2CCCCC2)c1. The monoisotopic (exact) mass is 550 g/mol. The average Bonchev–Trinajstić information content (AvgIpc) is 2.95. The zero-order valence-electron chi connectivity index (χ0n) is 21.8. The molecule has 5 nitrogen and oxygen atoms in total. The van der Waals surface area contributed by atoms with E-state index in [1.54, 1.807) is 12.0 Å². The van der Waals surface area contributed by atoms with Crippen molar-refractivity contribution in [3.05, 3.63) is 95.0 Å². The van der Waals surface area contributed by atoms with Crippen LogP contribution < -0.4 is 10.1 Å². The molecule has 200 valence electrons. The summed E-state index contributed by atoms with van der Waals surface area (Å²) in [7, 11) is 1.63. The summed E-state index contributed by atoms with van der Waals surface area (Å²) < 4.78 is 5.42. The lowest BCUT2D eigenvalue weighted by molar-refractivity contribution is -0.139. The number of nitrogens with one attached hydrogen (secondary N) is 1. The molecule has 7 heteroatoms. The normalized spacial score (nSPS) is 14.5. The van der Waals surface area contributed by atoms with E-state index in [2.05, 4.69) is 5.32 Å². The molecule has 2 amide bonds. The van der Waals surface area contributed by atoms with Gasteiger partial charge in [-0.3, -0.25) is 9.59 Å². The number of nitrogens with zero attached hydrogens (tertiary/aromatic N) is 1. The van der Waals surface area contributed by atoms with E-state index in [0.717, 1.165) is 47.5 Å². The zero-order valence-corrected chi connectivity index (χ0v) is 23.3. The fourth-order valence-corrected chi connectivity index (χ4v) is 5.74. The second-order valence-corrected chi connectivity index (χ2v) is 11.1. The van der Waals surface area contributed by atoms with Crippen LogP contribution in [0.15, 0.2) is 83.8 Å². The van der Waals surface area contributed by atoms with E-state index >= 15 is 0 Å². The second-order valence-electron chi connectivity index (χ2n) is 9.66. The Morgan fingerprint density at radius 1 is 0.974 bits per heavy atom. The van der Waals surface area contributed by atoms with E-state index in [1.807, 2.05) is 78.9 Å². The fraction of sp³-hybridized carbons (Fsp3) is 0.355. The molecule has 0 radical (unpaired) electrons. The van der Waals surface area contributed by atoms with Crippen molar-refractivity contribution in [2.45, 2.75) is 62.0 Å². The third-order valence-corrected chi connectivity index (χ3v) is 8.13. The zero-order chi connectivity index (χ0) is 26.7. The van der Waals surface area contributed by atoms with Crippen molar-refractivity contribution in [1.29, 1.82) is 0 Å². The van der Waals surface area contributed by atoms with Gasteiger partial charge in [-0.15, -0.1) is 11.8 Å². The summed E-state index contributed by atoms with van der Waals surface area (Å²) in [6.45, 7) is 0.312. The van der Waals surface area contributed by atoms with Crippen LogP contribution in [-0.4, -0.2) is 41.7 Å². The van der Waals surface area contributed by atoms with Gasteiger partial charge in [-0.05, 0) is 60.4 Å². The summed E-state index contributed by atoms with van der Waals surface area (Å²) in [6, 6.07) is 24.6. The van der Waals surface area contributed by atoms with Gasteiger partial charge in [-0.25, -0.2) is 0 Å². The Hall–Kier alpha value is -2.96. The smallest absolute Gasteiger partial charge is 0.243 e. The van der Waals surface area contributed by atoms with E-state index in [4.69, 9.17) is 16.3 Å². The highest BCUT2D eigenvalue weighted by atomic mass is 35.5. The van der Waals surface area contributed by atoms with Crippen molar-refractivity contribution < 1.29 is 14.3 Å². The molecule has 0 spiro atoms. The van der Waals surface area contributed by atoms with Crippen LogP contribution in [0, 0.1) is 0 Å².